The number of hydrogen-bond acceptors (Lipinski definition) is 4. The lowest BCUT2D eigenvalue weighted by molar-refractivity contribution is -0.119. The number of nitrogens with one attached hydrogen (secondary N) is 2. The Morgan fingerprint density at radius 2 is 2.07 bits per heavy atom. The van der Waals surface area contributed by atoms with Gasteiger partial charge in [0.1, 0.15) is 11.6 Å². The van der Waals surface area contributed by atoms with Gasteiger partial charge in [0, 0.05) is 42.8 Å². The highest BCUT2D eigenvalue weighted by atomic mass is 19.1. The maximum absolute atomic E-state index is 13.5. The quantitative estimate of drug-likeness (QED) is 0.795. The molecule has 0 aromatic heterocycles. The van der Waals surface area contributed by atoms with Crippen LogP contribution < -0.4 is 20.3 Å². The largest absolute Gasteiger partial charge is 0.496 e. The van der Waals surface area contributed by atoms with Crippen molar-refractivity contribution in [3.05, 3.63) is 58.4 Å². The Bertz CT molecular complexity index is 1010. The summed E-state index contributed by atoms with van der Waals surface area (Å²) in [6.07, 6.45) is 1.94. The maximum Gasteiger partial charge on any atom is 0.230 e. The molecule has 1 amide bonds. The van der Waals surface area contributed by atoms with E-state index in [1.165, 1.54) is 11.6 Å². The van der Waals surface area contributed by atoms with E-state index < -0.39 is 0 Å². The van der Waals surface area contributed by atoms with Crippen LogP contribution in [0.4, 0.5) is 10.1 Å². The molecule has 1 aliphatic carbocycles. The fourth-order valence-corrected chi connectivity index (χ4v) is 5.20. The van der Waals surface area contributed by atoms with E-state index in [0.29, 0.717) is 12.5 Å². The van der Waals surface area contributed by atoms with Gasteiger partial charge >= 0.3 is 0 Å². The highest BCUT2D eigenvalue weighted by Gasteiger charge is 2.50. The van der Waals surface area contributed by atoms with Gasteiger partial charge in [-0.05, 0) is 73.2 Å². The van der Waals surface area contributed by atoms with Crippen LogP contribution in [0.15, 0.2) is 30.3 Å². The molecule has 1 saturated heterocycles. The number of halogens is 1. The number of benzene rings is 2. The lowest BCUT2D eigenvalue weighted by Crippen LogP contribution is -2.35. The van der Waals surface area contributed by atoms with E-state index in [1.807, 2.05) is 20.0 Å². The molecule has 2 N–H and O–H groups in total. The molecule has 4 atom stereocenters. The van der Waals surface area contributed by atoms with Gasteiger partial charge in [-0.15, -0.1) is 0 Å². The molecule has 2 fully saturated rings. The summed E-state index contributed by atoms with van der Waals surface area (Å²) in [5.41, 5.74) is 5.38. The second-order valence-corrected chi connectivity index (χ2v) is 8.78. The van der Waals surface area contributed by atoms with Crippen LogP contribution in [0.25, 0.3) is 0 Å². The van der Waals surface area contributed by atoms with Crippen molar-refractivity contribution in [2.75, 3.05) is 25.6 Å². The summed E-state index contributed by atoms with van der Waals surface area (Å²) in [4.78, 5) is 14.3. The number of ether oxygens (including phenoxy) is 1. The number of anilines is 1. The summed E-state index contributed by atoms with van der Waals surface area (Å²) < 4.78 is 19.2. The number of aryl methyl sites for hydroxylation is 1. The lowest BCUT2D eigenvalue weighted by Gasteiger charge is -2.28. The first-order valence-electron chi connectivity index (χ1n) is 10.7. The fraction of sp³-hybridized carbons (Fsp3) is 0.458. The van der Waals surface area contributed by atoms with Crippen molar-refractivity contribution in [1.82, 2.24) is 10.6 Å². The Morgan fingerprint density at radius 1 is 1.23 bits per heavy atom. The number of methoxy groups -OCH3 is 1. The maximum atomic E-state index is 13.5. The molecule has 2 heterocycles. The molecule has 2 aromatic rings. The van der Waals surface area contributed by atoms with Gasteiger partial charge in [-0.3, -0.25) is 4.79 Å². The third kappa shape index (κ3) is 3.19. The first kappa shape index (κ1) is 19.5. The summed E-state index contributed by atoms with van der Waals surface area (Å²) in [5.74, 6) is 1.40. The minimum absolute atomic E-state index is 0.144. The Hall–Kier alpha value is -2.44. The molecule has 1 saturated carbocycles. The van der Waals surface area contributed by atoms with Crippen LogP contribution in [0.2, 0.25) is 0 Å². The zero-order chi connectivity index (χ0) is 21.0. The summed E-state index contributed by atoms with van der Waals surface area (Å²) in [6, 6.07) is 9.62. The van der Waals surface area contributed by atoms with Crippen molar-refractivity contribution in [2.24, 2.45) is 5.92 Å². The van der Waals surface area contributed by atoms with Crippen molar-refractivity contribution >= 4 is 11.6 Å². The minimum Gasteiger partial charge on any atom is -0.496 e. The highest BCUT2D eigenvalue weighted by molar-refractivity contribution is 6.01. The number of carbonyl (C=O) groups excluding carboxylic acids is 1. The lowest BCUT2D eigenvalue weighted by atomic mass is 9.95. The minimum atomic E-state index is -0.200. The Balaban J connectivity index is 1.38. The topological polar surface area (TPSA) is 53.6 Å². The molecule has 6 heteroatoms. The van der Waals surface area contributed by atoms with Gasteiger partial charge in [0.05, 0.1) is 7.11 Å². The van der Waals surface area contributed by atoms with E-state index in [-0.39, 0.29) is 29.7 Å². The number of carbonyl (C=O) groups is 1. The van der Waals surface area contributed by atoms with E-state index in [2.05, 4.69) is 22.8 Å². The van der Waals surface area contributed by atoms with E-state index in [9.17, 15) is 9.18 Å². The smallest absolute Gasteiger partial charge is 0.230 e. The van der Waals surface area contributed by atoms with Gasteiger partial charge in [0.2, 0.25) is 5.91 Å². The van der Waals surface area contributed by atoms with Crippen molar-refractivity contribution < 1.29 is 13.9 Å². The zero-order valence-electron chi connectivity index (χ0n) is 17.7. The fourth-order valence-electron chi connectivity index (χ4n) is 5.20. The van der Waals surface area contributed by atoms with Gasteiger partial charge in [-0.25, -0.2) is 4.39 Å². The van der Waals surface area contributed by atoms with Gasteiger partial charge in [-0.1, -0.05) is 6.07 Å². The first-order chi connectivity index (χ1) is 14.5. The van der Waals surface area contributed by atoms with Crippen molar-refractivity contribution in [1.29, 1.82) is 0 Å². The van der Waals surface area contributed by atoms with Crippen LogP contribution in [0.1, 0.15) is 47.1 Å². The molecular weight excluding hydrogens is 381 g/mol. The van der Waals surface area contributed by atoms with Gasteiger partial charge in [0.15, 0.2) is 0 Å². The molecule has 3 aliphatic rings. The number of hydrogen-bond donors (Lipinski definition) is 2. The van der Waals surface area contributed by atoms with E-state index in [1.54, 1.807) is 18.1 Å². The number of rotatable bonds is 5. The van der Waals surface area contributed by atoms with Crippen LogP contribution >= 0.6 is 0 Å². The molecule has 5 rings (SSSR count). The molecule has 5 nitrogen and oxygen atoms in total. The molecular formula is C24H28FN3O2. The molecule has 2 aromatic carbocycles. The normalized spacial score (nSPS) is 27.1. The van der Waals surface area contributed by atoms with Crippen molar-refractivity contribution in [3.63, 3.8) is 0 Å². The SMILES string of the molecule is COc1cc2c(cc1CN[C@@H]1CCN[C@H]1c1ccc(F)cc1C)N(C)C(=O)[C@@H]1C[C@H]21. The third-order valence-electron chi connectivity index (χ3n) is 6.97. The predicted molar refractivity (Wildman–Crippen MR) is 114 cm³/mol. The third-order valence-corrected chi connectivity index (χ3v) is 6.97. The molecule has 0 radical (unpaired) electrons. The van der Waals surface area contributed by atoms with Crippen LogP contribution in [-0.2, 0) is 11.3 Å². The average Bonchev–Trinajstić information content (AvgIpc) is 3.41. The van der Waals surface area contributed by atoms with Crippen LogP contribution in [0.5, 0.6) is 5.75 Å². The molecule has 158 valence electrons. The number of nitrogens with zero attached hydrogens (tertiary/aromatic N) is 1. The Morgan fingerprint density at radius 3 is 2.83 bits per heavy atom. The van der Waals surface area contributed by atoms with Crippen molar-refractivity contribution in [3.8, 4) is 5.75 Å². The average molecular weight is 410 g/mol. The Labute approximate surface area is 176 Å². The van der Waals surface area contributed by atoms with Crippen molar-refractivity contribution in [2.45, 2.75) is 44.3 Å². The number of fused-ring (bicyclic) bond motifs is 3. The number of amides is 1. The predicted octanol–water partition coefficient (Wildman–Crippen LogP) is 3.42. The summed E-state index contributed by atoms with van der Waals surface area (Å²) in [5, 5.41) is 7.23. The first-order valence-corrected chi connectivity index (χ1v) is 10.7. The summed E-state index contributed by atoms with van der Waals surface area (Å²) >= 11 is 0. The van der Waals surface area contributed by atoms with E-state index >= 15 is 0 Å². The van der Waals surface area contributed by atoms with Gasteiger partial charge in [-0.2, -0.15) is 0 Å². The molecule has 2 aliphatic heterocycles. The highest BCUT2D eigenvalue weighted by Crippen LogP contribution is 2.56. The standard InChI is InChI=1S/C24H28FN3O2/c1-13-8-15(25)4-5-16(13)23-20(6-7-26-23)27-12-14-9-21-18(11-22(14)30-3)17-10-19(17)24(29)28(21)2/h4-5,8-9,11,17,19-20,23,26-27H,6-7,10,12H2,1-3H3/t17-,19-,20-,23+/m1/s1. The monoisotopic (exact) mass is 409 g/mol. The van der Waals surface area contributed by atoms with Crippen LogP contribution in [0.3, 0.4) is 0 Å². The van der Waals surface area contributed by atoms with Crippen LogP contribution in [0, 0.1) is 18.7 Å². The summed E-state index contributed by atoms with van der Waals surface area (Å²) in [6.45, 7) is 3.52. The molecule has 30 heavy (non-hydrogen) atoms. The van der Waals surface area contributed by atoms with E-state index in [0.717, 1.165) is 47.5 Å². The van der Waals surface area contributed by atoms with Gasteiger partial charge < -0.3 is 20.3 Å². The van der Waals surface area contributed by atoms with Gasteiger partial charge in [0.25, 0.3) is 0 Å². The second-order valence-electron chi connectivity index (χ2n) is 8.78. The van der Waals surface area contributed by atoms with E-state index in [4.69, 9.17) is 4.74 Å². The Kier molecular flexibility index (Phi) is 4.79. The molecule has 0 spiro atoms. The summed E-state index contributed by atoms with van der Waals surface area (Å²) in [7, 11) is 3.57. The van der Waals surface area contributed by atoms with Crippen LogP contribution in [-0.4, -0.2) is 32.7 Å². The zero-order valence-corrected chi connectivity index (χ0v) is 17.7. The second kappa shape index (κ2) is 7.36. The molecule has 0 unspecified atom stereocenters. The molecule has 0 bridgehead atoms.